The Balaban J connectivity index is 2.70. The van der Waals surface area contributed by atoms with Crippen LogP contribution in [0.25, 0.3) is 11.4 Å². The molecule has 2 aromatic heterocycles. The van der Waals surface area contributed by atoms with Crippen LogP contribution in [0.1, 0.15) is 36.7 Å². The molecule has 2 rings (SSSR count). The summed E-state index contributed by atoms with van der Waals surface area (Å²) < 4.78 is 6.98. The third-order valence-corrected chi connectivity index (χ3v) is 3.32. The van der Waals surface area contributed by atoms with Gasteiger partial charge >= 0.3 is 0 Å². The summed E-state index contributed by atoms with van der Waals surface area (Å²) in [6.45, 7) is 7.68. The molecule has 2 heterocycles. The zero-order valence-corrected chi connectivity index (χ0v) is 12.7. The highest BCUT2D eigenvalue weighted by Crippen LogP contribution is 2.30. The Bertz CT molecular complexity index is 698. The number of nitrogens with zero attached hydrogens (tertiary/aromatic N) is 3. The minimum absolute atomic E-state index is 0.104. The van der Waals surface area contributed by atoms with Crippen LogP contribution in [0.2, 0.25) is 0 Å². The highest BCUT2D eigenvalue weighted by Gasteiger charge is 2.20. The Hall–Kier alpha value is -2.11. The highest BCUT2D eigenvalue weighted by molar-refractivity contribution is 5.65. The largest absolute Gasteiger partial charge is 0.481 e. The molecule has 0 atom stereocenters. The molecule has 0 aliphatic heterocycles. The van der Waals surface area contributed by atoms with E-state index in [1.165, 1.54) is 0 Å². The summed E-state index contributed by atoms with van der Waals surface area (Å²) in [5, 5.41) is 4.30. The van der Waals surface area contributed by atoms with E-state index < -0.39 is 0 Å². The number of aryl methyl sites for hydroxylation is 3. The van der Waals surface area contributed by atoms with Gasteiger partial charge in [-0.3, -0.25) is 4.79 Å². The summed E-state index contributed by atoms with van der Waals surface area (Å²) in [6, 6.07) is 0. The van der Waals surface area contributed by atoms with Crippen molar-refractivity contribution in [3.05, 3.63) is 27.3 Å². The molecule has 20 heavy (non-hydrogen) atoms. The van der Waals surface area contributed by atoms with Gasteiger partial charge in [0.2, 0.25) is 5.88 Å². The summed E-state index contributed by atoms with van der Waals surface area (Å²) in [7, 11) is 3.37. The van der Waals surface area contributed by atoms with Crippen LogP contribution >= 0.6 is 0 Å². The first-order valence-electron chi connectivity index (χ1n) is 6.55. The van der Waals surface area contributed by atoms with Crippen LogP contribution in [0.4, 0.5) is 0 Å². The fourth-order valence-corrected chi connectivity index (χ4v) is 2.54. The number of hydrogen-bond acceptors (Lipinski definition) is 4. The molecule has 0 aliphatic rings. The Morgan fingerprint density at radius 2 is 1.90 bits per heavy atom. The lowest BCUT2D eigenvalue weighted by Gasteiger charge is -2.10. The van der Waals surface area contributed by atoms with E-state index in [2.05, 4.69) is 15.1 Å². The van der Waals surface area contributed by atoms with Gasteiger partial charge in [-0.2, -0.15) is 5.10 Å². The molecule has 0 aliphatic carbocycles. The summed E-state index contributed by atoms with van der Waals surface area (Å²) in [5.41, 5.74) is 2.85. The van der Waals surface area contributed by atoms with Gasteiger partial charge in [-0.15, -0.1) is 0 Å². The fraction of sp³-hybridized carbons (Fsp3) is 0.500. The van der Waals surface area contributed by atoms with Crippen LogP contribution < -0.4 is 10.3 Å². The van der Waals surface area contributed by atoms with Gasteiger partial charge < -0.3 is 9.72 Å². The van der Waals surface area contributed by atoms with E-state index in [1.807, 2.05) is 27.7 Å². The lowest BCUT2D eigenvalue weighted by atomic mass is 10.0. The molecule has 1 N–H and O–H groups in total. The van der Waals surface area contributed by atoms with Gasteiger partial charge in [0.05, 0.1) is 12.8 Å². The molecule has 0 fully saturated rings. The molecule has 0 radical (unpaired) electrons. The van der Waals surface area contributed by atoms with Gasteiger partial charge in [-0.25, -0.2) is 9.67 Å². The van der Waals surface area contributed by atoms with E-state index in [0.717, 1.165) is 17.0 Å². The number of rotatable bonds is 3. The predicted octanol–water partition coefficient (Wildman–Crippen LogP) is 1.92. The van der Waals surface area contributed by atoms with Crippen LogP contribution in [-0.2, 0) is 7.05 Å². The molecular weight excluding hydrogens is 256 g/mol. The van der Waals surface area contributed by atoms with E-state index in [9.17, 15) is 4.79 Å². The summed E-state index contributed by atoms with van der Waals surface area (Å²) >= 11 is 0. The molecule has 0 amide bonds. The molecule has 6 nitrogen and oxygen atoms in total. The van der Waals surface area contributed by atoms with Gasteiger partial charge in [-0.05, 0) is 19.8 Å². The van der Waals surface area contributed by atoms with E-state index in [4.69, 9.17) is 4.74 Å². The molecule has 0 spiro atoms. The maximum absolute atomic E-state index is 12.2. The van der Waals surface area contributed by atoms with Crippen molar-refractivity contribution in [2.24, 2.45) is 7.05 Å². The van der Waals surface area contributed by atoms with E-state index in [1.54, 1.807) is 18.8 Å². The second-order valence-corrected chi connectivity index (χ2v) is 5.16. The van der Waals surface area contributed by atoms with Gasteiger partial charge in [0.15, 0.2) is 0 Å². The number of hydrogen-bond donors (Lipinski definition) is 1. The number of H-pyrrole nitrogens is 1. The predicted molar refractivity (Wildman–Crippen MR) is 77.2 cm³/mol. The molecule has 6 heteroatoms. The van der Waals surface area contributed by atoms with Crippen LogP contribution in [0, 0.1) is 13.8 Å². The second-order valence-electron chi connectivity index (χ2n) is 5.16. The minimum atomic E-state index is -0.104. The van der Waals surface area contributed by atoms with Crippen molar-refractivity contribution >= 4 is 0 Å². The van der Waals surface area contributed by atoms with Crippen LogP contribution in [0.3, 0.4) is 0 Å². The van der Waals surface area contributed by atoms with E-state index in [0.29, 0.717) is 17.3 Å². The third-order valence-electron chi connectivity index (χ3n) is 3.32. The molecule has 0 bridgehead atoms. The molecule has 2 aromatic rings. The Morgan fingerprint density at radius 3 is 2.40 bits per heavy atom. The van der Waals surface area contributed by atoms with Crippen molar-refractivity contribution in [1.82, 2.24) is 19.7 Å². The van der Waals surface area contributed by atoms with Crippen LogP contribution in [-0.4, -0.2) is 26.9 Å². The summed E-state index contributed by atoms with van der Waals surface area (Å²) in [6.07, 6.45) is 0. The minimum Gasteiger partial charge on any atom is -0.481 e. The van der Waals surface area contributed by atoms with Crippen molar-refractivity contribution in [2.45, 2.75) is 33.6 Å². The van der Waals surface area contributed by atoms with Crippen molar-refractivity contribution in [1.29, 1.82) is 0 Å². The molecular formula is C14H20N4O2. The average molecular weight is 276 g/mol. The first-order chi connectivity index (χ1) is 9.36. The van der Waals surface area contributed by atoms with Crippen LogP contribution in [0.5, 0.6) is 5.88 Å². The van der Waals surface area contributed by atoms with Crippen molar-refractivity contribution in [3.63, 3.8) is 0 Å². The van der Waals surface area contributed by atoms with E-state index >= 15 is 0 Å². The smallest absolute Gasteiger partial charge is 0.254 e. The SMILES string of the molecule is COc1c(-c2nc(C)c(C(C)C)c(=O)[nH]2)c(C)nn1C. The van der Waals surface area contributed by atoms with Gasteiger partial charge in [-0.1, -0.05) is 13.8 Å². The lowest BCUT2D eigenvalue weighted by molar-refractivity contribution is 0.374. The molecule has 0 saturated heterocycles. The van der Waals surface area contributed by atoms with E-state index in [-0.39, 0.29) is 11.5 Å². The Labute approximate surface area is 117 Å². The Kier molecular flexibility index (Phi) is 3.65. The fourth-order valence-electron chi connectivity index (χ4n) is 2.54. The molecule has 0 unspecified atom stereocenters. The second kappa shape index (κ2) is 5.11. The first kappa shape index (κ1) is 14.3. The summed E-state index contributed by atoms with van der Waals surface area (Å²) in [4.78, 5) is 19.6. The third kappa shape index (κ3) is 2.21. The standard InChI is InChI=1S/C14H20N4O2/c1-7(2)10-8(3)15-12(16-13(10)19)11-9(4)17-18(5)14(11)20-6/h7H,1-6H3,(H,15,16,19). The van der Waals surface area contributed by atoms with Gasteiger partial charge in [0.25, 0.3) is 5.56 Å². The quantitative estimate of drug-likeness (QED) is 0.929. The topological polar surface area (TPSA) is 72.8 Å². The van der Waals surface area contributed by atoms with Crippen molar-refractivity contribution in [3.8, 4) is 17.3 Å². The number of aromatic amines is 1. The monoisotopic (exact) mass is 276 g/mol. The number of nitrogens with one attached hydrogen (secondary N) is 1. The zero-order chi connectivity index (χ0) is 15.0. The lowest BCUT2D eigenvalue weighted by Crippen LogP contribution is -2.18. The first-order valence-corrected chi connectivity index (χ1v) is 6.55. The number of methoxy groups -OCH3 is 1. The average Bonchev–Trinajstić information content (AvgIpc) is 2.61. The molecule has 108 valence electrons. The maximum atomic E-state index is 12.2. The molecule has 0 aromatic carbocycles. The number of ether oxygens (including phenoxy) is 1. The summed E-state index contributed by atoms with van der Waals surface area (Å²) in [5.74, 6) is 1.22. The highest BCUT2D eigenvalue weighted by atomic mass is 16.5. The van der Waals surface area contributed by atoms with Crippen LogP contribution in [0.15, 0.2) is 4.79 Å². The number of aromatic nitrogens is 4. The van der Waals surface area contributed by atoms with Gasteiger partial charge in [0.1, 0.15) is 11.4 Å². The zero-order valence-electron chi connectivity index (χ0n) is 12.7. The van der Waals surface area contributed by atoms with Gasteiger partial charge in [0, 0.05) is 18.3 Å². The molecule has 0 saturated carbocycles. The van der Waals surface area contributed by atoms with Crippen molar-refractivity contribution in [2.75, 3.05) is 7.11 Å². The maximum Gasteiger partial charge on any atom is 0.254 e. The van der Waals surface area contributed by atoms with Crippen molar-refractivity contribution < 1.29 is 4.74 Å². The Morgan fingerprint density at radius 1 is 1.25 bits per heavy atom. The normalized spacial score (nSPS) is 11.2.